The molecule has 0 aliphatic carbocycles. The molecule has 6 nitrogen and oxygen atoms in total. The number of aliphatic carboxylic acids is 1. The first-order chi connectivity index (χ1) is 9.81. The fourth-order valence-electron chi connectivity index (χ4n) is 1.77. The number of nitrogens with zero attached hydrogens (tertiary/aromatic N) is 1. The van der Waals surface area contributed by atoms with Crippen molar-refractivity contribution in [2.45, 2.75) is 26.3 Å². The molecule has 0 aliphatic rings. The van der Waals surface area contributed by atoms with E-state index in [2.05, 4.69) is 5.32 Å². The van der Waals surface area contributed by atoms with Gasteiger partial charge in [0.05, 0.1) is 17.8 Å². The zero-order chi connectivity index (χ0) is 16.0. The number of carbonyl (C=O) groups is 3. The van der Waals surface area contributed by atoms with Gasteiger partial charge in [0.1, 0.15) is 0 Å². The monoisotopic (exact) mass is 312 g/mol. The van der Waals surface area contributed by atoms with Gasteiger partial charge in [-0.1, -0.05) is 19.9 Å². The van der Waals surface area contributed by atoms with Gasteiger partial charge in [0.15, 0.2) is 0 Å². The molecule has 21 heavy (non-hydrogen) atoms. The second-order valence-electron chi connectivity index (χ2n) is 5.15. The van der Waals surface area contributed by atoms with E-state index in [1.54, 1.807) is 24.6 Å². The first-order valence-electron chi connectivity index (χ1n) is 6.61. The lowest BCUT2D eigenvalue weighted by Gasteiger charge is -2.22. The highest BCUT2D eigenvalue weighted by atomic mass is 32.1. The smallest absolute Gasteiger partial charge is 0.305 e. The van der Waals surface area contributed by atoms with Crippen LogP contribution in [-0.2, 0) is 9.59 Å². The lowest BCUT2D eigenvalue weighted by atomic mass is 10.0. The molecular weight excluding hydrogens is 292 g/mol. The second kappa shape index (κ2) is 7.78. The number of rotatable bonds is 7. The van der Waals surface area contributed by atoms with Crippen LogP contribution in [0.1, 0.15) is 29.9 Å². The van der Waals surface area contributed by atoms with Gasteiger partial charge in [-0.2, -0.15) is 0 Å². The van der Waals surface area contributed by atoms with Crippen LogP contribution < -0.4 is 5.32 Å². The summed E-state index contributed by atoms with van der Waals surface area (Å²) in [4.78, 5) is 36.6. The van der Waals surface area contributed by atoms with Crippen LogP contribution in [-0.4, -0.2) is 47.4 Å². The number of carbonyl (C=O) groups excluding carboxylic acids is 2. The number of nitrogens with one attached hydrogen (secondary N) is 1. The zero-order valence-corrected chi connectivity index (χ0v) is 13.1. The fraction of sp³-hybridized carbons (Fsp3) is 0.500. The van der Waals surface area contributed by atoms with Gasteiger partial charge in [-0.15, -0.1) is 11.3 Å². The molecule has 0 saturated heterocycles. The van der Waals surface area contributed by atoms with Crippen LogP contribution in [0.3, 0.4) is 0 Å². The minimum atomic E-state index is -0.961. The molecule has 1 aromatic heterocycles. The second-order valence-corrected chi connectivity index (χ2v) is 6.10. The van der Waals surface area contributed by atoms with Gasteiger partial charge < -0.3 is 15.3 Å². The van der Waals surface area contributed by atoms with Crippen molar-refractivity contribution in [2.75, 3.05) is 13.6 Å². The summed E-state index contributed by atoms with van der Waals surface area (Å²) < 4.78 is 0. The highest BCUT2D eigenvalue weighted by molar-refractivity contribution is 7.12. The Labute approximate surface area is 127 Å². The van der Waals surface area contributed by atoms with Gasteiger partial charge >= 0.3 is 5.97 Å². The molecule has 7 heteroatoms. The quantitative estimate of drug-likeness (QED) is 0.797. The Morgan fingerprint density at radius 2 is 2.05 bits per heavy atom. The molecule has 1 atom stereocenters. The largest absolute Gasteiger partial charge is 0.481 e. The van der Waals surface area contributed by atoms with E-state index in [4.69, 9.17) is 5.11 Å². The lowest BCUT2D eigenvalue weighted by molar-refractivity contribution is -0.138. The van der Waals surface area contributed by atoms with Gasteiger partial charge in [-0.3, -0.25) is 14.4 Å². The highest BCUT2D eigenvalue weighted by Crippen LogP contribution is 2.11. The Balaban J connectivity index is 2.55. The van der Waals surface area contributed by atoms with E-state index in [1.807, 2.05) is 13.8 Å². The molecule has 1 unspecified atom stereocenters. The van der Waals surface area contributed by atoms with Crippen molar-refractivity contribution in [1.82, 2.24) is 10.2 Å². The Hall–Kier alpha value is -1.89. The molecule has 2 amide bonds. The lowest BCUT2D eigenvalue weighted by Crippen LogP contribution is -2.45. The first-order valence-corrected chi connectivity index (χ1v) is 7.49. The maximum absolute atomic E-state index is 12.0. The van der Waals surface area contributed by atoms with Gasteiger partial charge in [-0.25, -0.2) is 0 Å². The van der Waals surface area contributed by atoms with E-state index >= 15 is 0 Å². The van der Waals surface area contributed by atoms with Crippen LogP contribution in [0.2, 0.25) is 0 Å². The highest BCUT2D eigenvalue weighted by Gasteiger charge is 2.21. The molecular formula is C14H20N2O4S. The van der Waals surface area contributed by atoms with E-state index in [0.717, 1.165) is 0 Å². The average molecular weight is 312 g/mol. The molecule has 0 aliphatic heterocycles. The predicted octanol–water partition coefficient (Wildman–Crippen LogP) is 1.44. The molecule has 1 heterocycles. The molecule has 2 N–H and O–H groups in total. The van der Waals surface area contributed by atoms with Crippen molar-refractivity contribution in [3.05, 3.63) is 22.4 Å². The Morgan fingerprint density at radius 3 is 2.52 bits per heavy atom. The maximum Gasteiger partial charge on any atom is 0.305 e. The average Bonchev–Trinajstić information content (AvgIpc) is 2.89. The zero-order valence-electron chi connectivity index (χ0n) is 12.3. The van der Waals surface area contributed by atoms with Crippen molar-refractivity contribution in [1.29, 1.82) is 0 Å². The maximum atomic E-state index is 12.0. The number of hydrogen-bond donors (Lipinski definition) is 2. The van der Waals surface area contributed by atoms with Gasteiger partial charge in [0, 0.05) is 13.1 Å². The van der Waals surface area contributed by atoms with Crippen LogP contribution in [0.4, 0.5) is 0 Å². The molecule has 0 fully saturated rings. The summed E-state index contributed by atoms with van der Waals surface area (Å²) in [7, 11) is 1.54. The number of thiophene rings is 1. The summed E-state index contributed by atoms with van der Waals surface area (Å²) >= 11 is 1.31. The van der Waals surface area contributed by atoms with Crippen LogP contribution in [0.5, 0.6) is 0 Å². The third kappa shape index (κ3) is 5.55. The third-order valence-corrected chi connectivity index (χ3v) is 3.86. The Morgan fingerprint density at radius 1 is 1.38 bits per heavy atom. The molecule has 1 rings (SSSR count). The Bertz CT molecular complexity index is 499. The molecule has 0 aromatic carbocycles. The molecule has 0 radical (unpaired) electrons. The van der Waals surface area contributed by atoms with E-state index in [9.17, 15) is 14.4 Å². The predicted molar refractivity (Wildman–Crippen MR) is 80.3 cm³/mol. The van der Waals surface area contributed by atoms with Crippen molar-refractivity contribution in [3.63, 3.8) is 0 Å². The van der Waals surface area contributed by atoms with Crippen LogP contribution in [0.15, 0.2) is 17.5 Å². The third-order valence-electron chi connectivity index (χ3n) is 3.01. The minimum Gasteiger partial charge on any atom is -0.481 e. The van der Waals surface area contributed by atoms with Gasteiger partial charge in [0.2, 0.25) is 5.91 Å². The van der Waals surface area contributed by atoms with Gasteiger partial charge in [0.25, 0.3) is 5.91 Å². The Kier molecular flexibility index (Phi) is 6.36. The normalized spacial score (nSPS) is 12.0. The van der Waals surface area contributed by atoms with Crippen molar-refractivity contribution >= 4 is 29.1 Å². The summed E-state index contributed by atoms with van der Waals surface area (Å²) in [6.45, 7) is 3.59. The SMILES string of the molecule is CC(C)C(CC(=O)O)NC(=O)CN(C)C(=O)c1cccs1. The van der Waals surface area contributed by atoms with Crippen LogP contribution in [0, 0.1) is 5.92 Å². The van der Waals surface area contributed by atoms with Crippen LogP contribution >= 0.6 is 11.3 Å². The number of carboxylic acids is 1. The minimum absolute atomic E-state index is 0.00311. The number of carboxylic acid groups (broad SMARTS) is 1. The number of hydrogen-bond acceptors (Lipinski definition) is 4. The molecule has 116 valence electrons. The molecule has 0 saturated carbocycles. The molecule has 0 bridgehead atoms. The van der Waals surface area contributed by atoms with E-state index < -0.39 is 12.0 Å². The van der Waals surface area contributed by atoms with Crippen LogP contribution in [0.25, 0.3) is 0 Å². The van der Waals surface area contributed by atoms with Crippen molar-refractivity contribution in [2.24, 2.45) is 5.92 Å². The molecule has 0 spiro atoms. The van der Waals surface area contributed by atoms with E-state index in [0.29, 0.717) is 4.88 Å². The summed E-state index contributed by atoms with van der Waals surface area (Å²) in [5.41, 5.74) is 0. The summed E-state index contributed by atoms with van der Waals surface area (Å²) in [5, 5.41) is 13.3. The summed E-state index contributed by atoms with van der Waals surface area (Å²) in [6, 6.07) is 3.02. The molecule has 1 aromatic rings. The van der Waals surface area contributed by atoms with Crippen molar-refractivity contribution < 1.29 is 19.5 Å². The number of likely N-dealkylation sites (N-methyl/N-ethyl adjacent to an activating group) is 1. The summed E-state index contributed by atoms with van der Waals surface area (Å²) in [6.07, 6.45) is -0.133. The van der Waals surface area contributed by atoms with Crippen molar-refractivity contribution in [3.8, 4) is 0 Å². The summed E-state index contributed by atoms with van der Waals surface area (Å²) in [5.74, 6) is -1.54. The standard InChI is InChI=1S/C14H20N2O4S/c1-9(2)10(7-13(18)19)15-12(17)8-16(3)14(20)11-5-4-6-21-11/h4-6,9-10H,7-8H2,1-3H3,(H,15,17)(H,18,19). The van der Waals surface area contributed by atoms with Gasteiger partial charge in [-0.05, 0) is 17.4 Å². The number of amides is 2. The fourth-order valence-corrected chi connectivity index (χ4v) is 2.49. The topological polar surface area (TPSA) is 86.7 Å². The first kappa shape index (κ1) is 17.2. The van der Waals surface area contributed by atoms with E-state index in [1.165, 1.54) is 16.2 Å². The van der Waals surface area contributed by atoms with E-state index in [-0.39, 0.29) is 30.7 Å².